The molecule has 2 N–H and O–H groups in total. The van der Waals surface area contributed by atoms with Gasteiger partial charge in [-0.05, 0) is 39.3 Å². The van der Waals surface area contributed by atoms with Gasteiger partial charge in [0.05, 0.1) is 4.92 Å². The molecule has 0 saturated carbocycles. The van der Waals surface area contributed by atoms with Gasteiger partial charge < -0.3 is 10.6 Å². The maximum Gasteiger partial charge on any atom is 0.290 e. The monoisotopic (exact) mass is 250 g/mol. The fourth-order valence-corrected chi connectivity index (χ4v) is 2.26. The Morgan fingerprint density at radius 1 is 1.56 bits per heavy atom. The zero-order valence-corrected chi connectivity index (χ0v) is 10.6. The lowest BCUT2D eigenvalue weighted by Crippen LogP contribution is -2.46. The highest BCUT2D eigenvalue weighted by molar-refractivity contribution is 5.45. The van der Waals surface area contributed by atoms with Crippen LogP contribution in [-0.4, -0.2) is 28.5 Å². The van der Waals surface area contributed by atoms with Gasteiger partial charge >= 0.3 is 0 Å². The van der Waals surface area contributed by atoms with E-state index in [-0.39, 0.29) is 5.69 Å². The second kappa shape index (κ2) is 5.30. The van der Waals surface area contributed by atoms with Gasteiger partial charge in [-0.2, -0.15) is 0 Å². The van der Waals surface area contributed by atoms with Gasteiger partial charge in [-0.15, -0.1) is 0 Å². The number of anilines is 1. The molecule has 0 aromatic carbocycles. The summed E-state index contributed by atoms with van der Waals surface area (Å²) in [5.74, 6) is 0.707. The minimum Gasteiger partial charge on any atom is -0.366 e. The van der Waals surface area contributed by atoms with Crippen molar-refractivity contribution >= 4 is 11.5 Å². The zero-order chi connectivity index (χ0) is 13.1. The third-order valence-corrected chi connectivity index (χ3v) is 3.35. The molecule has 1 aliphatic heterocycles. The van der Waals surface area contributed by atoms with E-state index in [1.165, 1.54) is 6.07 Å². The fourth-order valence-electron chi connectivity index (χ4n) is 2.26. The Morgan fingerprint density at radius 3 is 2.94 bits per heavy atom. The normalized spacial score (nSPS) is 23.7. The van der Waals surface area contributed by atoms with E-state index in [0.29, 0.717) is 23.6 Å². The lowest BCUT2D eigenvalue weighted by Gasteiger charge is -2.31. The quantitative estimate of drug-likeness (QED) is 0.632. The van der Waals surface area contributed by atoms with Crippen LogP contribution in [-0.2, 0) is 0 Å². The van der Waals surface area contributed by atoms with Crippen molar-refractivity contribution < 1.29 is 4.92 Å². The molecule has 2 rings (SSSR count). The molecule has 0 spiro atoms. The van der Waals surface area contributed by atoms with Crippen molar-refractivity contribution in [3.63, 3.8) is 0 Å². The Hall–Kier alpha value is -1.69. The molecule has 98 valence electrons. The van der Waals surface area contributed by atoms with Gasteiger partial charge in [0.1, 0.15) is 11.5 Å². The molecule has 2 heterocycles. The van der Waals surface area contributed by atoms with Gasteiger partial charge in [0.2, 0.25) is 0 Å². The van der Waals surface area contributed by atoms with Gasteiger partial charge in [-0.1, -0.05) is 0 Å². The first-order chi connectivity index (χ1) is 8.58. The summed E-state index contributed by atoms with van der Waals surface area (Å²) in [4.78, 5) is 14.5. The Kier molecular flexibility index (Phi) is 3.76. The topological polar surface area (TPSA) is 80.1 Å². The molecule has 1 aliphatic rings. The largest absolute Gasteiger partial charge is 0.366 e. The van der Waals surface area contributed by atoms with Crippen LogP contribution >= 0.6 is 0 Å². The molecule has 0 amide bonds. The number of nitrogens with one attached hydrogen (secondary N) is 2. The molecule has 2 unspecified atom stereocenters. The van der Waals surface area contributed by atoms with Crippen molar-refractivity contribution in [3.05, 3.63) is 27.9 Å². The molecule has 18 heavy (non-hydrogen) atoms. The van der Waals surface area contributed by atoms with Gasteiger partial charge in [0.25, 0.3) is 5.69 Å². The third kappa shape index (κ3) is 2.76. The number of rotatable bonds is 3. The summed E-state index contributed by atoms with van der Waals surface area (Å²) in [5, 5.41) is 17.4. The molecule has 1 saturated heterocycles. The SMILES string of the molecule is Cc1nc(NC2CCCNC2C)ccc1[N+](=O)[O-]. The molecule has 0 aliphatic carbocycles. The van der Waals surface area contributed by atoms with E-state index >= 15 is 0 Å². The van der Waals surface area contributed by atoms with Gasteiger partial charge in [0, 0.05) is 18.2 Å². The number of pyridine rings is 1. The minimum absolute atomic E-state index is 0.0652. The van der Waals surface area contributed by atoms with Crippen LogP contribution in [0.1, 0.15) is 25.5 Å². The molecular formula is C12H18N4O2. The molecule has 6 nitrogen and oxygen atoms in total. The summed E-state index contributed by atoms with van der Waals surface area (Å²) in [6.45, 7) is 4.84. The predicted octanol–water partition coefficient (Wildman–Crippen LogP) is 1.85. The highest BCUT2D eigenvalue weighted by atomic mass is 16.6. The second-order valence-corrected chi connectivity index (χ2v) is 4.69. The van der Waals surface area contributed by atoms with E-state index in [0.717, 1.165) is 19.4 Å². The molecule has 1 aromatic heterocycles. The number of hydrogen-bond acceptors (Lipinski definition) is 5. The predicted molar refractivity (Wildman–Crippen MR) is 69.7 cm³/mol. The molecular weight excluding hydrogens is 232 g/mol. The van der Waals surface area contributed by atoms with Gasteiger partial charge in [0.15, 0.2) is 0 Å². The van der Waals surface area contributed by atoms with Crippen molar-refractivity contribution in [2.75, 3.05) is 11.9 Å². The van der Waals surface area contributed by atoms with Gasteiger partial charge in [-0.3, -0.25) is 10.1 Å². The van der Waals surface area contributed by atoms with Crippen LogP contribution in [0.25, 0.3) is 0 Å². The minimum atomic E-state index is -0.406. The maximum absolute atomic E-state index is 10.7. The number of aromatic nitrogens is 1. The molecule has 1 aromatic rings. The van der Waals surface area contributed by atoms with E-state index in [1.54, 1.807) is 13.0 Å². The van der Waals surface area contributed by atoms with Crippen molar-refractivity contribution in [2.24, 2.45) is 0 Å². The number of nitrogens with zero attached hydrogens (tertiary/aromatic N) is 2. The summed E-state index contributed by atoms with van der Waals surface area (Å²) in [6.07, 6.45) is 2.22. The summed E-state index contributed by atoms with van der Waals surface area (Å²) in [7, 11) is 0. The van der Waals surface area contributed by atoms with Crippen molar-refractivity contribution in [1.82, 2.24) is 10.3 Å². The third-order valence-electron chi connectivity index (χ3n) is 3.35. The molecule has 1 fully saturated rings. The van der Waals surface area contributed by atoms with Crippen LogP contribution in [0.5, 0.6) is 0 Å². The molecule has 0 radical (unpaired) electrons. The van der Waals surface area contributed by atoms with Crippen LogP contribution in [0.3, 0.4) is 0 Å². The lowest BCUT2D eigenvalue weighted by molar-refractivity contribution is -0.385. The Bertz CT molecular complexity index is 450. The van der Waals surface area contributed by atoms with E-state index in [4.69, 9.17) is 0 Å². The van der Waals surface area contributed by atoms with E-state index < -0.39 is 4.92 Å². The second-order valence-electron chi connectivity index (χ2n) is 4.69. The molecule has 6 heteroatoms. The lowest BCUT2D eigenvalue weighted by atomic mass is 10.00. The summed E-state index contributed by atoms with van der Waals surface area (Å²) in [5.41, 5.74) is 0.511. The Balaban J connectivity index is 2.10. The average Bonchev–Trinajstić information content (AvgIpc) is 2.32. The van der Waals surface area contributed by atoms with Crippen LogP contribution in [0.2, 0.25) is 0 Å². The zero-order valence-electron chi connectivity index (χ0n) is 10.6. The van der Waals surface area contributed by atoms with Gasteiger partial charge in [-0.25, -0.2) is 4.98 Å². The number of piperidine rings is 1. The van der Waals surface area contributed by atoms with Crippen molar-refractivity contribution in [2.45, 2.75) is 38.8 Å². The average molecular weight is 250 g/mol. The summed E-state index contributed by atoms with van der Waals surface area (Å²) < 4.78 is 0. The number of hydrogen-bond donors (Lipinski definition) is 2. The van der Waals surface area contributed by atoms with Crippen LogP contribution < -0.4 is 10.6 Å². The first-order valence-corrected chi connectivity index (χ1v) is 6.20. The fraction of sp³-hybridized carbons (Fsp3) is 0.583. The van der Waals surface area contributed by atoms with Crippen LogP contribution in [0, 0.1) is 17.0 Å². The number of aryl methyl sites for hydroxylation is 1. The molecule has 2 atom stereocenters. The Labute approximate surface area is 106 Å². The smallest absolute Gasteiger partial charge is 0.290 e. The molecule has 0 bridgehead atoms. The first kappa shape index (κ1) is 12.8. The highest BCUT2D eigenvalue weighted by Gasteiger charge is 2.21. The van der Waals surface area contributed by atoms with Crippen LogP contribution in [0.4, 0.5) is 11.5 Å². The summed E-state index contributed by atoms with van der Waals surface area (Å²) in [6, 6.07) is 3.89. The van der Waals surface area contributed by atoms with E-state index in [1.807, 2.05) is 0 Å². The maximum atomic E-state index is 10.7. The van der Waals surface area contributed by atoms with Crippen molar-refractivity contribution in [3.8, 4) is 0 Å². The first-order valence-electron chi connectivity index (χ1n) is 6.20. The van der Waals surface area contributed by atoms with Crippen molar-refractivity contribution in [1.29, 1.82) is 0 Å². The highest BCUT2D eigenvalue weighted by Crippen LogP contribution is 2.20. The standard InChI is InChI=1S/C12H18N4O2/c1-8-10(4-3-7-13-8)15-12-6-5-11(16(17)18)9(2)14-12/h5-6,8,10,13H,3-4,7H2,1-2H3,(H,14,15). The van der Waals surface area contributed by atoms with Crippen LogP contribution in [0.15, 0.2) is 12.1 Å². The van der Waals surface area contributed by atoms with E-state index in [2.05, 4.69) is 22.5 Å². The van der Waals surface area contributed by atoms with E-state index in [9.17, 15) is 10.1 Å². The number of nitro groups is 1. The Morgan fingerprint density at radius 2 is 2.33 bits per heavy atom. The summed E-state index contributed by atoms with van der Waals surface area (Å²) >= 11 is 0.